The number of carbonyl (C=O) groups excluding carboxylic acids is 1. The van der Waals surface area contributed by atoms with Gasteiger partial charge in [0, 0.05) is 7.05 Å². The highest BCUT2D eigenvalue weighted by Gasteiger charge is 2.07. The Balaban J connectivity index is 2.60. The van der Waals surface area contributed by atoms with Crippen LogP contribution in [0.3, 0.4) is 0 Å². The number of nitrogens with one attached hydrogen (secondary N) is 1. The van der Waals surface area contributed by atoms with Crippen molar-refractivity contribution in [2.24, 2.45) is 5.10 Å². The summed E-state index contributed by atoms with van der Waals surface area (Å²) in [5, 5.41) is 3.64. The normalized spacial score (nSPS) is 18.6. The fraction of sp³-hybridized carbons (Fsp3) is 0.500. The molecular weight excluding hydrogens is 106 g/mol. The van der Waals surface area contributed by atoms with Gasteiger partial charge in [-0.1, -0.05) is 0 Å². The Morgan fingerprint density at radius 3 is 3.12 bits per heavy atom. The minimum Gasteiger partial charge on any atom is -0.303 e. The molecule has 1 heterocycles. The first-order valence-corrected chi connectivity index (χ1v) is 2.32. The van der Waals surface area contributed by atoms with Gasteiger partial charge in [-0.25, -0.2) is 0 Å². The number of hydrogen-bond donors (Lipinski definition) is 1. The van der Waals surface area contributed by atoms with Crippen LogP contribution in [-0.2, 0) is 4.79 Å². The summed E-state index contributed by atoms with van der Waals surface area (Å²) in [6.45, 7) is 0.312. The first-order valence-electron chi connectivity index (χ1n) is 2.32. The van der Waals surface area contributed by atoms with Gasteiger partial charge in [0.25, 0.3) is 0 Å². The van der Waals surface area contributed by atoms with Gasteiger partial charge in [-0.15, -0.1) is 0 Å². The maximum atomic E-state index is 10.6. The molecule has 0 bridgehead atoms. The molecule has 8 heavy (non-hydrogen) atoms. The standard InChI is InChI=1S/C4H7N3O/c1-7-3-6-5-2-4(7)8/h3,5H,2H2,1H3. The van der Waals surface area contributed by atoms with Crippen LogP contribution in [0.15, 0.2) is 5.10 Å². The Labute approximate surface area is 47.2 Å². The summed E-state index contributed by atoms with van der Waals surface area (Å²) in [5.74, 6) is 0.0417. The lowest BCUT2D eigenvalue weighted by molar-refractivity contribution is -0.125. The molecule has 0 unspecified atom stereocenters. The Morgan fingerprint density at radius 1 is 2.00 bits per heavy atom. The third kappa shape index (κ3) is 0.776. The number of amides is 1. The third-order valence-corrected chi connectivity index (χ3v) is 0.946. The van der Waals surface area contributed by atoms with Crippen LogP contribution in [0.2, 0.25) is 0 Å². The predicted molar refractivity (Wildman–Crippen MR) is 29.3 cm³/mol. The van der Waals surface area contributed by atoms with Crippen molar-refractivity contribution >= 4 is 12.2 Å². The minimum atomic E-state index is 0.0417. The van der Waals surface area contributed by atoms with Crippen molar-refractivity contribution in [1.82, 2.24) is 10.3 Å². The number of rotatable bonds is 0. The van der Waals surface area contributed by atoms with Gasteiger partial charge in [0.15, 0.2) is 0 Å². The van der Waals surface area contributed by atoms with Crippen LogP contribution in [0.5, 0.6) is 0 Å². The van der Waals surface area contributed by atoms with E-state index in [9.17, 15) is 4.79 Å². The molecule has 1 aliphatic rings. The van der Waals surface area contributed by atoms with Gasteiger partial charge >= 0.3 is 0 Å². The van der Waals surface area contributed by atoms with Crippen LogP contribution >= 0.6 is 0 Å². The summed E-state index contributed by atoms with van der Waals surface area (Å²) < 4.78 is 0. The highest BCUT2D eigenvalue weighted by Crippen LogP contribution is 1.82. The molecule has 44 valence electrons. The van der Waals surface area contributed by atoms with Crippen molar-refractivity contribution < 1.29 is 4.79 Å². The van der Waals surface area contributed by atoms with Crippen molar-refractivity contribution in [3.63, 3.8) is 0 Å². The summed E-state index contributed by atoms with van der Waals surface area (Å²) in [4.78, 5) is 12.0. The highest BCUT2D eigenvalue weighted by molar-refractivity contribution is 5.89. The van der Waals surface area contributed by atoms with Crippen LogP contribution in [-0.4, -0.2) is 30.7 Å². The van der Waals surface area contributed by atoms with Crippen LogP contribution in [0, 0.1) is 0 Å². The molecule has 0 aromatic rings. The lowest BCUT2D eigenvalue weighted by Gasteiger charge is -2.14. The predicted octanol–water partition coefficient (Wildman–Crippen LogP) is -1.01. The van der Waals surface area contributed by atoms with Crippen LogP contribution < -0.4 is 5.43 Å². The summed E-state index contributed by atoms with van der Waals surface area (Å²) in [5.41, 5.74) is 2.54. The van der Waals surface area contributed by atoms with Gasteiger partial charge < -0.3 is 4.90 Å². The van der Waals surface area contributed by atoms with E-state index in [4.69, 9.17) is 0 Å². The summed E-state index contributed by atoms with van der Waals surface area (Å²) in [6.07, 6.45) is 1.45. The number of carbonyl (C=O) groups is 1. The molecule has 0 spiro atoms. The lowest BCUT2D eigenvalue weighted by Crippen LogP contribution is -2.37. The van der Waals surface area contributed by atoms with E-state index in [0.29, 0.717) is 6.54 Å². The second kappa shape index (κ2) is 1.81. The smallest absolute Gasteiger partial charge is 0.248 e. The molecular formula is C4H7N3O. The number of nitrogens with zero attached hydrogens (tertiary/aromatic N) is 2. The fourth-order valence-corrected chi connectivity index (χ4v) is 0.430. The average Bonchev–Trinajstić information content (AvgIpc) is 1.77. The van der Waals surface area contributed by atoms with Crippen molar-refractivity contribution in [3.05, 3.63) is 0 Å². The molecule has 0 aromatic heterocycles. The largest absolute Gasteiger partial charge is 0.303 e. The Morgan fingerprint density at radius 2 is 2.75 bits per heavy atom. The quantitative estimate of drug-likeness (QED) is 0.437. The van der Waals surface area contributed by atoms with E-state index in [0.717, 1.165) is 0 Å². The van der Waals surface area contributed by atoms with E-state index in [1.165, 1.54) is 11.2 Å². The van der Waals surface area contributed by atoms with Crippen LogP contribution in [0.4, 0.5) is 0 Å². The number of hydrazone groups is 1. The lowest BCUT2D eigenvalue weighted by atomic mass is 10.5. The number of hydrogen-bond acceptors (Lipinski definition) is 3. The van der Waals surface area contributed by atoms with E-state index < -0.39 is 0 Å². The Bertz CT molecular complexity index is 131. The van der Waals surface area contributed by atoms with E-state index in [2.05, 4.69) is 10.5 Å². The van der Waals surface area contributed by atoms with E-state index in [1.54, 1.807) is 7.05 Å². The summed E-state index contributed by atoms with van der Waals surface area (Å²) in [7, 11) is 1.67. The van der Waals surface area contributed by atoms with Crippen molar-refractivity contribution in [2.45, 2.75) is 0 Å². The molecule has 1 amide bonds. The molecule has 1 aliphatic heterocycles. The molecule has 0 fully saturated rings. The molecule has 0 aliphatic carbocycles. The van der Waals surface area contributed by atoms with Gasteiger partial charge in [0.05, 0.1) is 0 Å². The monoisotopic (exact) mass is 113 g/mol. The molecule has 0 saturated carbocycles. The van der Waals surface area contributed by atoms with Gasteiger partial charge in [-0.05, 0) is 0 Å². The molecule has 0 atom stereocenters. The van der Waals surface area contributed by atoms with Crippen molar-refractivity contribution in [2.75, 3.05) is 13.6 Å². The zero-order valence-corrected chi connectivity index (χ0v) is 4.59. The van der Waals surface area contributed by atoms with E-state index >= 15 is 0 Å². The fourth-order valence-electron chi connectivity index (χ4n) is 0.430. The SMILES string of the molecule is CN1C=NNCC1=O. The zero-order chi connectivity index (χ0) is 5.98. The molecule has 4 nitrogen and oxygen atoms in total. The molecule has 1 N–H and O–H groups in total. The Kier molecular flexibility index (Phi) is 1.15. The number of likely N-dealkylation sites (N-methyl/N-ethyl adjacent to an activating group) is 1. The molecule has 0 aromatic carbocycles. The maximum Gasteiger partial charge on any atom is 0.248 e. The molecule has 1 rings (SSSR count). The van der Waals surface area contributed by atoms with Crippen LogP contribution in [0.25, 0.3) is 0 Å². The molecule has 0 radical (unpaired) electrons. The topological polar surface area (TPSA) is 44.7 Å². The first-order chi connectivity index (χ1) is 3.80. The van der Waals surface area contributed by atoms with Gasteiger partial charge in [-0.3, -0.25) is 10.2 Å². The van der Waals surface area contributed by atoms with Crippen molar-refractivity contribution in [1.29, 1.82) is 0 Å². The van der Waals surface area contributed by atoms with E-state index in [-0.39, 0.29) is 5.91 Å². The second-order valence-corrected chi connectivity index (χ2v) is 1.58. The van der Waals surface area contributed by atoms with Gasteiger partial charge in [0.2, 0.25) is 5.91 Å². The first kappa shape index (κ1) is 5.08. The zero-order valence-electron chi connectivity index (χ0n) is 4.59. The average molecular weight is 113 g/mol. The summed E-state index contributed by atoms with van der Waals surface area (Å²) >= 11 is 0. The maximum absolute atomic E-state index is 10.6. The Hall–Kier alpha value is -1.06. The van der Waals surface area contributed by atoms with Crippen LogP contribution in [0.1, 0.15) is 0 Å². The second-order valence-electron chi connectivity index (χ2n) is 1.58. The van der Waals surface area contributed by atoms with E-state index in [1.807, 2.05) is 0 Å². The third-order valence-electron chi connectivity index (χ3n) is 0.946. The van der Waals surface area contributed by atoms with Crippen molar-refractivity contribution in [3.8, 4) is 0 Å². The molecule has 4 heteroatoms. The minimum absolute atomic E-state index is 0.0417. The van der Waals surface area contributed by atoms with Gasteiger partial charge in [0.1, 0.15) is 12.9 Å². The highest BCUT2D eigenvalue weighted by atomic mass is 16.2. The molecule has 0 saturated heterocycles. The summed E-state index contributed by atoms with van der Waals surface area (Å²) in [6, 6.07) is 0. The van der Waals surface area contributed by atoms with Gasteiger partial charge in [-0.2, -0.15) is 5.10 Å².